The Labute approximate surface area is 173 Å². The van der Waals surface area contributed by atoms with E-state index < -0.39 is 0 Å². The van der Waals surface area contributed by atoms with E-state index in [1.165, 1.54) is 4.68 Å². The van der Waals surface area contributed by atoms with Crippen LogP contribution in [0.3, 0.4) is 0 Å². The Morgan fingerprint density at radius 2 is 1.80 bits per heavy atom. The molecule has 152 valence electrons. The van der Waals surface area contributed by atoms with Gasteiger partial charge in [0.1, 0.15) is 11.4 Å². The maximum Gasteiger partial charge on any atom is 0.282 e. The number of aromatic nitrogens is 3. The Morgan fingerprint density at radius 3 is 2.57 bits per heavy atom. The highest BCUT2D eigenvalue weighted by molar-refractivity contribution is 5.99. The van der Waals surface area contributed by atoms with Crippen LogP contribution in [0.2, 0.25) is 0 Å². The summed E-state index contributed by atoms with van der Waals surface area (Å²) in [7, 11) is 3.41. The van der Waals surface area contributed by atoms with Gasteiger partial charge in [-0.3, -0.25) is 9.59 Å². The minimum Gasteiger partial charge on any atom is -0.496 e. The molecule has 0 unspecified atom stereocenters. The van der Waals surface area contributed by atoms with Gasteiger partial charge in [-0.1, -0.05) is 36.4 Å². The first-order chi connectivity index (χ1) is 14.6. The van der Waals surface area contributed by atoms with Gasteiger partial charge in [0, 0.05) is 26.0 Å². The smallest absolute Gasteiger partial charge is 0.282 e. The molecule has 1 amide bonds. The van der Waals surface area contributed by atoms with Crippen LogP contribution in [-0.4, -0.2) is 33.9 Å². The number of methoxy groups -OCH3 is 1. The molecule has 1 N–H and O–H groups in total. The average molecular weight is 402 g/mol. The van der Waals surface area contributed by atoms with Crippen molar-refractivity contribution in [2.75, 3.05) is 13.7 Å². The first-order valence-electron chi connectivity index (χ1n) is 9.63. The number of fused-ring (bicyclic) bond motifs is 1. The monoisotopic (exact) mass is 402 g/mol. The number of ether oxygens (including phenoxy) is 1. The van der Waals surface area contributed by atoms with Crippen LogP contribution < -0.4 is 15.6 Å². The maximum atomic E-state index is 12.9. The number of amides is 1. The van der Waals surface area contributed by atoms with Crippen molar-refractivity contribution in [1.82, 2.24) is 19.7 Å². The van der Waals surface area contributed by atoms with Crippen molar-refractivity contribution in [2.24, 2.45) is 7.05 Å². The van der Waals surface area contributed by atoms with Gasteiger partial charge in [0.2, 0.25) is 0 Å². The number of para-hydroxylation sites is 2. The lowest BCUT2D eigenvalue weighted by molar-refractivity contribution is 0.0953. The summed E-state index contributed by atoms with van der Waals surface area (Å²) in [6, 6.07) is 16.9. The molecule has 0 fully saturated rings. The zero-order valence-corrected chi connectivity index (χ0v) is 16.8. The Hall–Kier alpha value is -3.87. The van der Waals surface area contributed by atoms with Crippen LogP contribution in [0.1, 0.15) is 15.9 Å². The van der Waals surface area contributed by atoms with Crippen molar-refractivity contribution in [1.29, 1.82) is 0 Å². The van der Waals surface area contributed by atoms with E-state index in [9.17, 15) is 9.59 Å². The lowest BCUT2D eigenvalue weighted by atomic mass is 10.1. The molecule has 0 saturated heterocycles. The van der Waals surface area contributed by atoms with Gasteiger partial charge in [-0.15, -0.1) is 0 Å². The summed E-state index contributed by atoms with van der Waals surface area (Å²) < 4.78 is 8.39. The van der Waals surface area contributed by atoms with E-state index in [4.69, 9.17) is 4.74 Å². The van der Waals surface area contributed by atoms with Crippen LogP contribution in [0.15, 0.2) is 71.8 Å². The SMILES string of the molecule is COc1ccccc1CCNC(=O)c1cn(C)cc2c(=O)n(-c3ccccc3)nc1-2. The highest BCUT2D eigenvalue weighted by Gasteiger charge is 2.23. The van der Waals surface area contributed by atoms with Gasteiger partial charge < -0.3 is 14.6 Å². The molecule has 7 nitrogen and oxygen atoms in total. The molecule has 2 aromatic rings. The highest BCUT2D eigenvalue weighted by atomic mass is 16.5. The second-order valence-electron chi connectivity index (χ2n) is 6.97. The van der Waals surface area contributed by atoms with Crippen LogP contribution >= 0.6 is 0 Å². The Morgan fingerprint density at radius 1 is 1.07 bits per heavy atom. The van der Waals surface area contributed by atoms with Crippen molar-refractivity contribution in [2.45, 2.75) is 6.42 Å². The summed E-state index contributed by atoms with van der Waals surface area (Å²) in [4.78, 5) is 25.8. The molecule has 0 bridgehead atoms. The predicted octanol–water partition coefficient (Wildman–Crippen LogP) is 2.66. The fraction of sp³-hybridized carbons (Fsp3) is 0.174. The number of benzene rings is 2. The van der Waals surface area contributed by atoms with Crippen LogP contribution in [0.25, 0.3) is 16.9 Å². The Kier molecular flexibility index (Phi) is 5.34. The third-order valence-corrected chi connectivity index (χ3v) is 4.92. The summed E-state index contributed by atoms with van der Waals surface area (Å²) in [5.41, 5.74) is 2.57. The molecular formula is C23H22N4O3. The molecule has 2 aromatic carbocycles. The number of hydrogen-bond acceptors (Lipinski definition) is 4. The van der Waals surface area contributed by atoms with E-state index in [2.05, 4.69) is 10.4 Å². The van der Waals surface area contributed by atoms with Crippen LogP contribution in [0, 0.1) is 0 Å². The molecule has 4 rings (SSSR count). The molecule has 0 aliphatic carbocycles. The number of aryl methyl sites for hydroxylation is 1. The standard InChI is InChI=1S/C23H22N4O3/c1-26-14-18(22(28)24-13-12-16-8-6-7-11-20(16)30-2)21-19(15-26)23(29)27(25-21)17-9-4-3-5-10-17/h3-11,14-15H,12-13H2,1-2H3,(H,24,28). The number of carbonyl (C=O) groups is 1. The zero-order chi connectivity index (χ0) is 21.1. The third-order valence-electron chi connectivity index (χ3n) is 4.92. The molecule has 0 radical (unpaired) electrons. The molecule has 0 aromatic heterocycles. The van der Waals surface area contributed by atoms with Crippen LogP contribution in [0.4, 0.5) is 0 Å². The summed E-state index contributed by atoms with van der Waals surface area (Å²) in [6.45, 7) is 0.433. The lowest BCUT2D eigenvalue weighted by Crippen LogP contribution is -2.27. The van der Waals surface area contributed by atoms with Gasteiger partial charge in [-0.2, -0.15) is 9.78 Å². The molecular weight excluding hydrogens is 380 g/mol. The number of nitrogens with zero attached hydrogens (tertiary/aromatic N) is 3. The fourth-order valence-corrected chi connectivity index (χ4v) is 3.46. The average Bonchev–Trinajstić information content (AvgIpc) is 3.10. The van der Waals surface area contributed by atoms with Crippen molar-refractivity contribution in [3.63, 3.8) is 0 Å². The Bertz CT molecular complexity index is 1210. The van der Waals surface area contributed by atoms with Crippen molar-refractivity contribution in [3.05, 3.63) is 88.5 Å². The van der Waals surface area contributed by atoms with E-state index in [1.54, 1.807) is 43.3 Å². The molecule has 0 spiro atoms. The maximum absolute atomic E-state index is 12.9. The van der Waals surface area contributed by atoms with Gasteiger partial charge in [-0.05, 0) is 30.2 Å². The molecule has 7 heteroatoms. The highest BCUT2D eigenvalue weighted by Crippen LogP contribution is 2.22. The van der Waals surface area contributed by atoms with Gasteiger partial charge in [0.25, 0.3) is 11.5 Å². The predicted molar refractivity (Wildman–Crippen MR) is 114 cm³/mol. The van der Waals surface area contributed by atoms with Gasteiger partial charge in [0.15, 0.2) is 0 Å². The summed E-state index contributed by atoms with van der Waals surface area (Å²) in [6.07, 6.45) is 4.00. The molecule has 2 aliphatic heterocycles. The zero-order valence-electron chi connectivity index (χ0n) is 16.8. The number of carbonyl (C=O) groups excluding carboxylic acids is 1. The van der Waals surface area contributed by atoms with Crippen LogP contribution in [0.5, 0.6) is 5.75 Å². The summed E-state index contributed by atoms with van der Waals surface area (Å²) in [5, 5.41) is 7.38. The molecule has 2 aliphatic rings. The largest absolute Gasteiger partial charge is 0.496 e. The topological polar surface area (TPSA) is 78.1 Å². The van der Waals surface area contributed by atoms with Crippen molar-refractivity contribution >= 4 is 5.91 Å². The minimum atomic E-state index is -0.274. The quantitative estimate of drug-likeness (QED) is 0.538. The minimum absolute atomic E-state index is 0.254. The van der Waals surface area contributed by atoms with E-state index >= 15 is 0 Å². The van der Waals surface area contributed by atoms with Gasteiger partial charge >= 0.3 is 0 Å². The number of rotatable bonds is 6. The van der Waals surface area contributed by atoms with E-state index in [1.807, 2.05) is 42.5 Å². The fourth-order valence-electron chi connectivity index (χ4n) is 3.46. The molecule has 30 heavy (non-hydrogen) atoms. The second kappa shape index (κ2) is 8.24. The third kappa shape index (κ3) is 3.69. The van der Waals surface area contributed by atoms with E-state index in [-0.39, 0.29) is 11.5 Å². The Balaban J connectivity index is 1.60. The first-order valence-corrected chi connectivity index (χ1v) is 9.63. The van der Waals surface area contributed by atoms with Gasteiger partial charge in [0.05, 0.1) is 23.9 Å². The molecule has 0 atom stereocenters. The number of pyridine rings is 1. The van der Waals surface area contributed by atoms with Crippen LogP contribution in [-0.2, 0) is 13.5 Å². The number of nitrogens with one attached hydrogen (secondary N) is 1. The second-order valence-corrected chi connectivity index (χ2v) is 6.97. The summed E-state index contributed by atoms with van der Waals surface area (Å²) in [5.74, 6) is 0.515. The van der Waals surface area contributed by atoms with E-state index in [0.29, 0.717) is 35.5 Å². The van der Waals surface area contributed by atoms with E-state index in [0.717, 1.165) is 11.3 Å². The first kappa shape index (κ1) is 19.4. The molecule has 0 saturated carbocycles. The summed E-state index contributed by atoms with van der Waals surface area (Å²) >= 11 is 0. The van der Waals surface area contributed by atoms with Gasteiger partial charge in [-0.25, -0.2) is 0 Å². The van der Waals surface area contributed by atoms with Crippen molar-refractivity contribution < 1.29 is 9.53 Å². The molecule has 2 heterocycles. The van der Waals surface area contributed by atoms with Crippen molar-refractivity contribution in [3.8, 4) is 22.7 Å². The number of hydrogen-bond donors (Lipinski definition) is 1. The normalized spacial score (nSPS) is 10.9. The lowest BCUT2D eigenvalue weighted by Gasteiger charge is -2.11.